The van der Waals surface area contributed by atoms with E-state index in [4.69, 9.17) is 5.73 Å². The number of hydrogen-bond donors (Lipinski definition) is 4. The number of nitrogens with two attached hydrogens (primary N) is 1. The second-order valence-corrected chi connectivity index (χ2v) is 8.70. The van der Waals surface area contributed by atoms with Crippen LogP contribution in [0.1, 0.15) is 61.6 Å². The fourth-order valence-corrected chi connectivity index (χ4v) is 4.58. The van der Waals surface area contributed by atoms with Crippen molar-refractivity contribution in [3.63, 3.8) is 0 Å². The molecule has 1 fully saturated rings. The Morgan fingerprint density at radius 1 is 1.30 bits per heavy atom. The van der Waals surface area contributed by atoms with Gasteiger partial charge in [-0.05, 0) is 55.7 Å². The number of fused-ring (bicyclic) bond motifs is 1. The second-order valence-electron chi connectivity index (χ2n) is 8.70. The van der Waals surface area contributed by atoms with Crippen molar-refractivity contribution in [2.75, 3.05) is 22.5 Å². The number of benzene rings is 1. The second kappa shape index (κ2) is 9.86. The molecule has 9 heteroatoms. The largest absolute Gasteiger partial charge is 0.369 e. The van der Waals surface area contributed by atoms with Crippen LogP contribution in [-0.4, -0.2) is 34.4 Å². The molecule has 1 saturated carbocycles. The number of anilines is 3. The molecule has 2 aliphatic rings. The van der Waals surface area contributed by atoms with Crippen LogP contribution in [0.3, 0.4) is 0 Å². The predicted molar refractivity (Wildman–Crippen MR) is 126 cm³/mol. The normalized spacial score (nSPS) is 21.6. The van der Waals surface area contributed by atoms with Crippen molar-refractivity contribution < 1.29 is 9.59 Å². The van der Waals surface area contributed by atoms with Gasteiger partial charge in [0, 0.05) is 24.2 Å². The van der Waals surface area contributed by atoms with E-state index >= 15 is 0 Å². The van der Waals surface area contributed by atoms with Crippen molar-refractivity contribution in [1.82, 2.24) is 9.97 Å². The van der Waals surface area contributed by atoms with Crippen LogP contribution in [0.25, 0.3) is 0 Å². The Labute approximate surface area is 193 Å². The van der Waals surface area contributed by atoms with Gasteiger partial charge in [-0.25, -0.2) is 4.98 Å². The summed E-state index contributed by atoms with van der Waals surface area (Å²) in [6, 6.07) is 8.37. The maximum Gasteiger partial charge on any atom is 0.232 e. The summed E-state index contributed by atoms with van der Waals surface area (Å²) >= 11 is 0. The number of primary amides is 1. The standard InChI is InChI=1S/C24H29N7O2/c1-2-14-3-8-20-19(11-14)18(23(33)30-20)9-10-27-24-28-13-16(12-25)22(31-24)29-17-6-4-15(5-7-17)21(26)32/h3,8,11,13,15,17-18H,2,4-7,9-10H2,1H3,(H2,26,32)(H,30,33)(H2,27,28,29,31)/t15-,17+,18?. The molecule has 0 saturated heterocycles. The smallest absolute Gasteiger partial charge is 0.232 e. The average Bonchev–Trinajstić information content (AvgIpc) is 3.14. The molecule has 1 aliphatic heterocycles. The van der Waals surface area contributed by atoms with Gasteiger partial charge in [0.05, 0.1) is 12.1 Å². The lowest BCUT2D eigenvalue weighted by molar-refractivity contribution is -0.122. The van der Waals surface area contributed by atoms with E-state index in [0.29, 0.717) is 30.3 Å². The summed E-state index contributed by atoms with van der Waals surface area (Å²) < 4.78 is 0. The van der Waals surface area contributed by atoms with Crippen LogP contribution in [0.4, 0.5) is 17.5 Å². The fourth-order valence-electron chi connectivity index (χ4n) is 4.58. The first-order chi connectivity index (χ1) is 16.0. The maximum absolute atomic E-state index is 12.5. The van der Waals surface area contributed by atoms with Crippen molar-refractivity contribution in [1.29, 1.82) is 5.26 Å². The highest BCUT2D eigenvalue weighted by molar-refractivity contribution is 6.02. The van der Waals surface area contributed by atoms with Crippen LogP contribution >= 0.6 is 0 Å². The Morgan fingerprint density at radius 3 is 2.79 bits per heavy atom. The molecule has 1 aromatic carbocycles. The highest BCUT2D eigenvalue weighted by Crippen LogP contribution is 2.35. The van der Waals surface area contributed by atoms with Gasteiger partial charge in [0.1, 0.15) is 17.5 Å². The van der Waals surface area contributed by atoms with Crippen LogP contribution in [0.5, 0.6) is 0 Å². The molecular formula is C24H29N7O2. The molecule has 172 valence electrons. The van der Waals surface area contributed by atoms with Gasteiger partial charge in [-0.1, -0.05) is 19.1 Å². The third-order valence-electron chi connectivity index (χ3n) is 6.57. The third-order valence-corrected chi connectivity index (χ3v) is 6.57. The Hall–Kier alpha value is -3.67. The molecule has 0 bridgehead atoms. The van der Waals surface area contributed by atoms with Crippen LogP contribution in [0.15, 0.2) is 24.4 Å². The lowest BCUT2D eigenvalue weighted by atomic mass is 9.85. The molecule has 1 aromatic heterocycles. The molecule has 2 heterocycles. The van der Waals surface area contributed by atoms with E-state index in [1.807, 2.05) is 12.1 Å². The SMILES string of the molecule is CCc1ccc2c(c1)C(CCNc1ncc(C#N)c(N[C@H]3CC[C@@H](C(N)=O)CC3)n1)C(=O)N2. The number of rotatable bonds is 8. The molecular weight excluding hydrogens is 418 g/mol. The zero-order valence-electron chi connectivity index (χ0n) is 18.7. The fraction of sp³-hybridized carbons (Fsp3) is 0.458. The summed E-state index contributed by atoms with van der Waals surface area (Å²) in [4.78, 5) is 32.6. The molecule has 2 amide bonds. The van der Waals surface area contributed by atoms with Gasteiger partial charge in [0.25, 0.3) is 0 Å². The molecule has 1 atom stereocenters. The van der Waals surface area contributed by atoms with Crippen LogP contribution in [0.2, 0.25) is 0 Å². The number of nitriles is 1. The number of aromatic nitrogens is 2. The van der Waals surface area contributed by atoms with Crippen LogP contribution in [-0.2, 0) is 16.0 Å². The molecule has 4 rings (SSSR count). The van der Waals surface area contributed by atoms with Gasteiger partial charge in [-0.3, -0.25) is 9.59 Å². The maximum atomic E-state index is 12.5. The molecule has 33 heavy (non-hydrogen) atoms. The molecule has 1 unspecified atom stereocenters. The third kappa shape index (κ3) is 5.06. The van der Waals surface area contributed by atoms with E-state index in [1.54, 1.807) is 0 Å². The topological polar surface area (TPSA) is 146 Å². The first-order valence-electron chi connectivity index (χ1n) is 11.5. The van der Waals surface area contributed by atoms with Gasteiger partial charge in [0.2, 0.25) is 17.8 Å². The molecule has 9 nitrogen and oxygen atoms in total. The van der Waals surface area contributed by atoms with Gasteiger partial charge < -0.3 is 21.7 Å². The molecule has 2 aromatic rings. The van der Waals surface area contributed by atoms with Crippen molar-refractivity contribution in [2.24, 2.45) is 11.7 Å². The Bertz CT molecular complexity index is 1090. The lowest BCUT2D eigenvalue weighted by Crippen LogP contribution is -2.32. The predicted octanol–water partition coefficient (Wildman–Crippen LogP) is 2.90. The summed E-state index contributed by atoms with van der Waals surface area (Å²) in [5, 5.41) is 18.9. The quantitative estimate of drug-likeness (QED) is 0.487. The molecule has 0 radical (unpaired) electrons. The molecule has 5 N–H and O–H groups in total. The lowest BCUT2D eigenvalue weighted by Gasteiger charge is -2.28. The summed E-state index contributed by atoms with van der Waals surface area (Å²) in [6.45, 7) is 2.61. The Kier molecular flexibility index (Phi) is 6.73. The molecule has 1 aliphatic carbocycles. The Morgan fingerprint density at radius 2 is 2.09 bits per heavy atom. The molecule has 0 spiro atoms. The minimum atomic E-state index is -0.246. The van der Waals surface area contributed by atoms with E-state index < -0.39 is 0 Å². The van der Waals surface area contributed by atoms with Gasteiger partial charge in [0.15, 0.2) is 0 Å². The minimum absolute atomic E-state index is 0.00900. The zero-order valence-corrected chi connectivity index (χ0v) is 18.7. The number of carbonyl (C=O) groups is 2. The highest BCUT2D eigenvalue weighted by atomic mass is 16.2. The van der Waals surface area contributed by atoms with E-state index in [1.165, 1.54) is 11.8 Å². The van der Waals surface area contributed by atoms with Crippen molar-refractivity contribution in [3.8, 4) is 6.07 Å². The summed E-state index contributed by atoms with van der Waals surface area (Å²) in [7, 11) is 0. The number of aryl methyl sites for hydroxylation is 1. The first-order valence-corrected chi connectivity index (χ1v) is 11.5. The number of hydrogen-bond acceptors (Lipinski definition) is 7. The summed E-state index contributed by atoms with van der Waals surface area (Å²) in [5.41, 5.74) is 8.91. The van der Waals surface area contributed by atoms with Crippen LogP contribution < -0.4 is 21.7 Å². The van der Waals surface area contributed by atoms with Gasteiger partial charge >= 0.3 is 0 Å². The number of nitrogens with one attached hydrogen (secondary N) is 3. The first kappa shape index (κ1) is 22.5. The van der Waals surface area contributed by atoms with Crippen LogP contribution in [0, 0.1) is 17.2 Å². The van der Waals surface area contributed by atoms with Gasteiger partial charge in [-0.15, -0.1) is 0 Å². The zero-order chi connectivity index (χ0) is 23.4. The Balaban J connectivity index is 1.37. The van der Waals surface area contributed by atoms with E-state index in [2.05, 4.69) is 45.0 Å². The van der Waals surface area contributed by atoms with Crippen molar-refractivity contribution in [2.45, 2.75) is 57.4 Å². The summed E-state index contributed by atoms with van der Waals surface area (Å²) in [6.07, 6.45) is 6.08. The minimum Gasteiger partial charge on any atom is -0.369 e. The number of nitrogens with zero attached hydrogens (tertiary/aromatic N) is 3. The van der Waals surface area contributed by atoms with Crippen molar-refractivity contribution in [3.05, 3.63) is 41.1 Å². The van der Waals surface area contributed by atoms with E-state index in [9.17, 15) is 14.9 Å². The summed E-state index contributed by atoms with van der Waals surface area (Å²) in [5.74, 6) is 0.360. The van der Waals surface area contributed by atoms with Gasteiger partial charge in [-0.2, -0.15) is 10.2 Å². The highest BCUT2D eigenvalue weighted by Gasteiger charge is 2.30. The monoisotopic (exact) mass is 447 g/mol. The number of amides is 2. The van der Waals surface area contributed by atoms with E-state index in [0.717, 1.165) is 43.4 Å². The number of carbonyl (C=O) groups excluding carboxylic acids is 2. The van der Waals surface area contributed by atoms with Crippen molar-refractivity contribution >= 4 is 29.3 Å². The average molecular weight is 448 g/mol. The van der Waals surface area contributed by atoms with E-state index in [-0.39, 0.29) is 29.7 Å².